The molecule has 0 saturated heterocycles. The van der Waals surface area contributed by atoms with Crippen molar-refractivity contribution in [2.24, 2.45) is 5.14 Å². The van der Waals surface area contributed by atoms with E-state index in [-0.39, 0.29) is 5.56 Å². The minimum absolute atomic E-state index is 0.215. The van der Waals surface area contributed by atoms with Crippen molar-refractivity contribution in [3.05, 3.63) is 65.6 Å². The van der Waals surface area contributed by atoms with Gasteiger partial charge >= 0.3 is 6.18 Å². The van der Waals surface area contributed by atoms with Crippen LogP contribution in [0.25, 0.3) is 6.08 Å². The van der Waals surface area contributed by atoms with E-state index in [1.54, 1.807) is 0 Å². The van der Waals surface area contributed by atoms with Crippen LogP contribution in [0.5, 0.6) is 0 Å². The fourth-order valence-electron chi connectivity index (χ4n) is 2.11. The van der Waals surface area contributed by atoms with Gasteiger partial charge in [-0.3, -0.25) is 4.55 Å². The van der Waals surface area contributed by atoms with Gasteiger partial charge in [-0.25, -0.2) is 26.5 Å². The molecule has 0 radical (unpaired) electrons. The first-order chi connectivity index (χ1) is 12.4. The van der Waals surface area contributed by atoms with E-state index in [4.69, 9.17) is 5.14 Å². The maximum absolute atomic E-state index is 13.9. The Kier molecular flexibility index (Phi) is 6.04. The molecule has 0 fully saturated rings. The number of alkyl halides is 3. The van der Waals surface area contributed by atoms with Crippen molar-refractivity contribution in [1.29, 1.82) is 0 Å². The standard InChI is InChI=1S/C15H12F4N2O4S2/c16-12-2-1-3-13(14(12)27(20,24)25)21(26(22)23)9-8-10-4-6-11(7-5-10)15(17,18)19/h1-9H,(H,22,23)(H2,20,24,25). The Morgan fingerprint density at radius 3 is 2.19 bits per heavy atom. The van der Waals surface area contributed by atoms with E-state index in [0.29, 0.717) is 4.31 Å². The predicted octanol–water partition coefficient (Wildman–Crippen LogP) is 3.11. The van der Waals surface area contributed by atoms with Crippen LogP contribution < -0.4 is 9.44 Å². The highest BCUT2D eigenvalue weighted by Crippen LogP contribution is 2.30. The monoisotopic (exact) mass is 424 g/mol. The average Bonchev–Trinajstić information content (AvgIpc) is 2.53. The quantitative estimate of drug-likeness (QED) is 0.569. The minimum Gasteiger partial charge on any atom is -0.289 e. The summed E-state index contributed by atoms with van der Waals surface area (Å²) < 4.78 is 96.3. The van der Waals surface area contributed by atoms with Gasteiger partial charge in [0.2, 0.25) is 10.0 Å². The lowest BCUT2D eigenvalue weighted by molar-refractivity contribution is -0.137. The molecule has 1 unspecified atom stereocenters. The third kappa shape index (κ3) is 5.13. The summed E-state index contributed by atoms with van der Waals surface area (Å²) in [6, 6.07) is 6.77. The smallest absolute Gasteiger partial charge is 0.289 e. The van der Waals surface area contributed by atoms with Crippen LogP contribution in [0.3, 0.4) is 0 Å². The Morgan fingerprint density at radius 2 is 1.70 bits per heavy atom. The van der Waals surface area contributed by atoms with Crippen LogP contribution in [0.2, 0.25) is 0 Å². The normalized spacial score (nSPS) is 13.7. The Hall–Kier alpha value is -2.28. The number of rotatable bonds is 5. The van der Waals surface area contributed by atoms with Gasteiger partial charge in [-0.2, -0.15) is 13.2 Å². The van der Waals surface area contributed by atoms with Crippen molar-refractivity contribution in [3.8, 4) is 0 Å². The first-order valence-corrected chi connectivity index (χ1v) is 9.59. The summed E-state index contributed by atoms with van der Waals surface area (Å²) in [6.45, 7) is 0. The largest absolute Gasteiger partial charge is 0.416 e. The summed E-state index contributed by atoms with van der Waals surface area (Å²) in [6.07, 6.45) is -2.46. The van der Waals surface area contributed by atoms with Gasteiger partial charge in [-0.15, -0.1) is 0 Å². The van der Waals surface area contributed by atoms with Crippen LogP contribution >= 0.6 is 0 Å². The molecule has 3 N–H and O–H groups in total. The van der Waals surface area contributed by atoms with Gasteiger partial charge in [0.15, 0.2) is 0 Å². The Balaban J connectivity index is 2.45. The topological polar surface area (TPSA) is 101 Å². The molecule has 0 spiro atoms. The SMILES string of the molecule is NS(=O)(=O)c1c(F)cccc1N(C=Cc1ccc(C(F)(F)F)cc1)S(=O)O. The molecule has 12 heteroatoms. The maximum Gasteiger partial charge on any atom is 0.416 e. The van der Waals surface area contributed by atoms with E-state index in [1.165, 1.54) is 0 Å². The van der Waals surface area contributed by atoms with Gasteiger partial charge in [0.25, 0.3) is 11.3 Å². The second-order valence-corrected chi connectivity index (χ2v) is 7.48. The van der Waals surface area contributed by atoms with Gasteiger partial charge in [-0.1, -0.05) is 18.2 Å². The van der Waals surface area contributed by atoms with Crippen LogP contribution in [-0.2, 0) is 27.5 Å². The molecular weight excluding hydrogens is 412 g/mol. The molecule has 0 saturated carbocycles. The molecule has 0 aliphatic heterocycles. The number of nitrogens with two attached hydrogens (primary N) is 1. The summed E-state index contributed by atoms with van der Waals surface area (Å²) in [7, 11) is -4.57. The van der Waals surface area contributed by atoms with E-state index in [2.05, 4.69) is 0 Å². The zero-order valence-electron chi connectivity index (χ0n) is 13.2. The van der Waals surface area contributed by atoms with E-state index < -0.39 is 49.4 Å². The molecule has 2 aromatic carbocycles. The van der Waals surface area contributed by atoms with Crippen LogP contribution in [0.1, 0.15) is 11.1 Å². The Bertz CT molecular complexity index is 990. The summed E-state index contributed by atoms with van der Waals surface area (Å²) in [5, 5.41) is 4.96. The summed E-state index contributed by atoms with van der Waals surface area (Å²) in [4.78, 5) is -0.996. The van der Waals surface area contributed by atoms with E-state index >= 15 is 0 Å². The fraction of sp³-hybridized carbons (Fsp3) is 0.0667. The lowest BCUT2D eigenvalue weighted by Gasteiger charge is -2.18. The Morgan fingerprint density at radius 1 is 1.11 bits per heavy atom. The van der Waals surface area contributed by atoms with E-state index in [1.807, 2.05) is 0 Å². The van der Waals surface area contributed by atoms with Crippen LogP contribution in [0.4, 0.5) is 23.2 Å². The second kappa shape index (κ2) is 7.76. The van der Waals surface area contributed by atoms with Crippen LogP contribution in [0.15, 0.2) is 53.6 Å². The first-order valence-electron chi connectivity index (χ1n) is 6.98. The zero-order valence-corrected chi connectivity index (χ0v) is 14.9. The van der Waals surface area contributed by atoms with E-state index in [9.17, 15) is 34.7 Å². The minimum atomic E-state index is -4.57. The molecule has 1 atom stereocenters. The molecule has 27 heavy (non-hydrogen) atoms. The highest BCUT2D eigenvalue weighted by Gasteiger charge is 2.30. The molecule has 0 aromatic heterocycles. The molecule has 0 aliphatic carbocycles. The van der Waals surface area contributed by atoms with Gasteiger partial charge in [0.1, 0.15) is 10.7 Å². The summed E-state index contributed by atoms with van der Waals surface area (Å²) in [5.41, 5.74) is -1.18. The number of sulfonamides is 1. The van der Waals surface area contributed by atoms with Gasteiger partial charge < -0.3 is 0 Å². The highest BCUT2D eigenvalue weighted by atomic mass is 32.2. The number of hydrogen-bond acceptors (Lipinski definition) is 3. The third-order valence-electron chi connectivity index (χ3n) is 3.28. The van der Waals surface area contributed by atoms with Gasteiger partial charge in [0, 0.05) is 6.20 Å². The number of anilines is 1. The van der Waals surface area contributed by atoms with Crippen molar-refractivity contribution in [1.82, 2.24) is 0 Å². The molecule has 2 rings (SSSR count). The summed E-state index contributed by atoms with van der Waals surface area (Å²) >= 11 is -2.82. The summed E-state index contributed by atoms with van der Waals surface area (Å²) in [5.74, 6) is -1.23. The molecule has 6 nitrogen and oxygen atoms in total. The molecule has 2 aromatic rings. The van der Waals surface area contributed by atoms with Crippen molar-refractivity contribution >= 4 is 33.1 Å². The number of primary sulfonamides is 1. The highest BCUT2D eigenvalue weighted by molar-refractivity contribution is 7.89. The van der Waals surface area contributed by atoms with Gasteiger partial charge in [0.05, 0.1) is 11.3 Å². The average molecular weight is 424 g/mol. The molecule has 0 aliphatic rings. The molecule has 146 valence electrons. The third-order valence-corrected chi connectivity index (χ3v) is 4.90. The van der Waals surface area contributed by atoms with E-state index in [0.717, 1.165) is 54.7 Å². The molecule has 0 amide bonds. The van der Waals surface area contributed by atoms with Crippen molar-refractivity contribution in [3.63, 3.8) is 0 Å². The van der Waals surface area contributed by atoms with Crippen molar-refractivity contribution in [2.75, 3.05) is 4.31 Å². The molecular formula is C15H12F4N2O4S2. The second-order valence-electron chi connectivity index (χ2n) is 5.13. The fourth-order valence-corrected chi connectivity index (χ4v) is 3.45. The number of halogens is 4. The van der Waals surface area contributed by atoms with Crippen molar-refractivity contribution < 1.29 is 34.7 Å². The lowest BCUT2D eigenvalue weighted by atomic mass is 10.1. The number of benzene rings is 2. The number of hydrogen-bond donors (Lipinski definition) is 2. The lowest BCUT2D eigenvalue weighted by Crippen LogP contribution is -2.24. The maximum atomic E-state index is 13.9. The van der Waals surface area contributed by atoms with Crippen LogP contribution in [0, 0.1) is 5.82 Å². The van der Waals surface area contributed by atoms with Crippen LogP contribution in [-0.4, -0.2) is 17.2 Å². The first kappa shape index (κ1) is 21.0. The predicted molar refractivity (Wildman–Crippen MR) is 91.5 cm³/mol. The molecule has 0 bridgehead atoms. The number of nitrogens with zero attached hydrogens (tertiary/aromatic N) is 1. The zero-order chi connectivity index (χ0) is 20.4. The van der Waals surface area contributed by atoms with Crippen molar-refractivity contribution in [2.45, 2.75) is 11.1 Å². The molecule has 0 heterocycles. The van der Waals surface area contributed by atoms with Gasteiger partial charge in [-0.05, 0) is 35.9 Å². The Labute approximate surface area is 154 Å².